The normalized spacial score (nSPS) is 27.6. The van der Waals surface area contributed by atoms with E-state index < -0.39 is 23.3 Å². The molecule has 2 rings (SSSR count). The summed E-state index contributed by atoms with van der Waals surface area (Å²) in [5.74, 6) is -0.514. The molecule has 7 nitrogen and oxygen atoms in total. The predicted molar refractivity (Wildman–Crippen MR) is 97.8 cm³/mol. The number of rotatable bonds is 6. The summed E-state index contributed by atoms with van der Waals surface area (Å²) in [7, 11) is 0. The molecule has 0 aromatic rings. The summed E-state index contributed by atoms with van der Waals surface area (Å²) >= 11 is 0. The molecule has 7 heteroatoms. The molecule has 0 aromatic carbocycles. The number of carbonyl (C=O) groups excluding carboxylic acids is 2. The van der Waals surface area contributed by atoms with Crippen LogP contribution in [0.4, 0.5) is 4.79 Å². The van der Waals surface area contributed by atoms with E-state index in [4.69, 9.17) is 14.3 Å². The Morgan fingerprint density at radius 1 is 1.31 bits per heavy atom. The van der Waals surface area contributed by atoms with E-state index in [1.54, 1.807) is 6.92 Å². The maximum atomic E-state index is 12.7. The molecule has 1 fully saturated rings. The Bertz CT molecular complexity index is 565. The number of carbonyl (C=O) groups is 2. The number of esters is 1. The first kappa shape index (κ1) is 20.5. The van der Waals surface area contributed by atoms with Crippen molar-refractivity contribution >= 4 is 17.8 Å². The molecule has 1 aliphatic carbocycles. The highest BCUT2D eigenvalue weighted by molar-refractivity contribution is 5.98. The second kappa shape index (κ2) is 7.84. The molecule has 1 heterocycles. The minimum absolute atomic E-state index is 0.206. The van der Waals surface area contributed by atoms with Gasteiger partial charge in [-0.1, -0.05) is 19.0 Å². The zero-order valence-electron chi connectivity index (χ0n) is 16.8. The SMILES string of the molecule is CCOC(=O)C12CCC(NC(=O)OC(C)(C)C)C1C(C(CC)CC)=NO2. The predicted octanol–water partition coefficient (Wildman–Crippen LogP) is 3.41. The lowest BCUT2D eigenvalue weighted by molar-refractivity contribution is -0.171. The van der Waals surface area contributed by atoms with Gasteiger partial charge in [-0.2, -0.15) is 0 Å². The van der Waals surface area contributed by atoms with Crippen LogP contribution in [0.15, 0.2) is 5.16 Å². The Balaban J connectivity index is 2.26. The zero-order chi connectivity index (χ0) is 19.5. The molecule has 0 aromatic heterocycles. The van der Waals surface area contributed by atoms with Crippen LogP contribution in [0.3, 0.4) is 0 Å². The maximum Gasteiger partial charge on any atom is 0.407 e. The highest BCUT2D eigenvalue weighted by atomic mass is 16.7. The molecule has 3 atom stereocenters. The lowest BCUT2D eigenvalue weighted by Gasteiger charge is -2.29. The van der Waals surface area contributed by atoms with Crippen molar-refractivity contribution in [1.29, 1.82) is 0 Å². The van der Waals surface area contributed by atoms with Crippen molar-refractivity contribution in [2.75, 3.05) is 6.61 Å². The average Bonchev–Trinajstić information content (AvgIpc) is 3.08. The van der Waals surface area contributed by atoms with Gasteiger partial charge in [0.15, 0.2) is 0 Å². The van der Waals surface area contributed by atoms with Crippen LogP contribution < -0.4 is 5.32 Å². The van der Waals surface area contributed by atoms with Gasteiger partial charge in [-0.15, -0.1) is 0 Å². The Kier molecular flexibility index (Phi) is 6.19. The molecule has 3 unspecified atom stereocenters. The summed E-state index contributed by atoms with van der Waals surface area (Å²) in [5.41, 5.74) is -0.867. The Hall–Kier alpha value is -1.79. The minimum atomic E-state index is -1.13. The van der Waals surface area contributed by atoms with Crippen molar-refractivity contribution in [3.8, 4) is 0 Å². The standard InChI is InChI=1S/C19H32N2O5/c1-7-12(8-2)15-14-13(20-17(23)25-18(4,5)6)10-11-19(14,26-21-15)16(22)24-9-3/h12-14H,7-11H2,1-6H3,(H,20,23). The van der Waals surface area contributed by atoms with Crippen LogP contribution in [0.2, 0.25) is 0 Å². The molecule has 1 N–H and O–H groups in total. The molecule has 1 amide bonds. The monoisotopic (exact) mass is 368 g/mol. The van der Waals surface area contributed by atoms with E-state index in [1.165, 1.54) is 0 Å². The topological polar surface area (TPSA) is 86.2 Å². The number of alkyl carbamates (subject to hydrolysis) is 1. The molecule has 1 aliphatic heterocycles. The maximum absolute atomic E-state index is 12.7. The summed E-state index contributed by atoms with van der Waals surface area (Å²) in [6.07, 6.45) is 2.38. The Morgan fingerprint density at radius 2 is 1.96 bits per heavy atom. The van der Waals surface area contributed by atoms with E-state index in [1.807, 2.05) is 20.8 Å². The lowest BCUT2D eigenvalue weighted by atomic mass is 9.79. The van der Waals surface area contributed by atoms with Gasteiger partial charge in [0.1, 0.15) is 5.60 Å². The molecule has 0 spiro atoms. The fourth-order valence-electron chi connectivity index (χ4n) is 3.92. The van der Waals surface area contributed by atoms with Crippen LogP contribution in [0.25, 0.3) is 0 Å². The van der Waals surface area contributed by atoms with E-state index in [9.17, 15) is 9.59 Å². The first-order valence-corrected chi connectivity index (χ1v) is 9.61. The second-order valence-electron chi connectivity index (χ2n) is 8.00. The quantitative estimate of drug-likeness (QED) is 0.726. The van der Waals surface area contributed by atoms with Crippen molar-refractivity contribution in [3.63, 3.8) is 0 Å². The summed E-state index contributed by atoms with van der Waals surface area (Å²) < 4.78 is 10.7. The first-order valence-electron chi connectivity index (χ1n) is 9.61. The van der Waals surface area contributed by atoms with Gasteiger partial charge in [0.05, 0.1) is 18.2 Å². The van der Waals surface area contributed by atoms with E-state index >= 15 is 0 Å². The van der Waals surface area contributed by atoms with Crippen molar-refractivity contribution in [2.24, 2.45) is 17.0 Å². The van der Waals surface area contributed by atoms with E-state index in [-0.39, 0.29) is 24.5 Å². The molecule has 0 radical (unpaired) electrons. The number of amides is 1. The van der Waals surface area contributed by atoms with Crippen LogP contribution in [0.1, 0.15) is 67.2 Å². The summed E-state index contributed by atoms with van der Waals surface area (Å²) in [5, 5.41) is 7.23. The third kappa shape index (κ3) is 3.96. The third-order valence-electron chi connectivity index (χ3n) is 5.09. The van der Waals surface area contributed by atoms with Crippen LogP contribution in [0.5, 0.6) is 0 Å². The van der Waals surface area contributed by atoms with Crippen LogP contribution >= 0.6 is 0 Å². The summed E-state index contributed by atoms with van der Waals surface area (Å²) in [6, 6.07) is -0.267. The van der Waals surface area contributed by atoms with E-state index in [0.717, 1.165) is 18.6 Å². The van der Waals surface area contributed by atoms with Gasteiger partial charge in [-0.3, -0.25) is 0 Å². The number of nitrogens with zero attached hydrogens (tertiary/aromatic N) is 1. The van der Waals surface area contributed by atoms with Gasteiger partial charge in [0, 0.05) is 18.4 Å². The molecule has 2 aliphatic rings. The average molecular weight is 368 g/mol. The van der Waals surface area contributed by atoms with Crippen LogP contribution in [-0.4, -0.2) is 41.6 Å². The van der Waals surface area contributed by atoms with Gasteiger partial charge < -0.3 is 19.6 Å². The minimum Gasteiger partial charge on any atom is -0.463 e. The second-order valence-corrected chi connectivity index (χ2v) is 8.00. The van der Waals surface area contributed by atoms with Crippen molar-refractivity contribution in [1.82, 2.24) is 5.32 Å². The molecular weight excluding hydrogens is 336 g/mol. The number of ether oxygens (including phenoxy) is 2. The Labute approximate surface area is 155 Å². The van der Waals surface area contributed by atoms with Gasteiger partial charge in [-0.25, -0.2) is 9.59 Å². The molecule has 1 saturated carbocycles. The highest BCUT2D eigenvalue weighted by Gasteiger charge is 2.63. The molecule has 0 saturated heterocycles. The fraction of sp³-hybridized carbons (Fsp3) is 0.842. The van der Waals surface area contributed by atoms with E-state index in [2.05, 4.69) is 24.3 Å². The van der Waals surface area contributed by atoms with Crippen LogP contribution in [0, 0.1) is 11.8 Å². The van der Waals surface area contributed by atoms with Gasteiger partial charge in [0.2, 0.25) is 5.60 Å². The smallest absolute Gasteiger partial charge is 0.407 e. The number of oxime groups is 1. The van der Waals surface area contributed by atoms with Crippen molar-refractivity contribution in [2.45, 2.75) is 84.5 Å². The highest BCUT2D eigenvalue weighted by Crippen LogP contribution is 2.47. The van der Waals surface area contributed by atoms with Crippen molar-refractivity contribution in [3.05, 3.63) is 0 Å². The zero-order valence-corrected chi connectivity index (χ0v) is 16.8. The first-order chi connectivity index (χ1) is 12.2. The van der Waals surface area contributed by atoms with Gasteiger partial charge in [0.25, 0.3) is 0 Å². The molecule has 0 bridgehead atoms. The van der Waals surface area contributed by atoms with E-state index in [0.29, 0.717) is 12.8 Å². The summed E-state index contributed by atoms with van der Waals surface area (Å²) in [6.45, 7) is 11.7. The lowest BCUT2D eigenvalue weighted by Crippen LogP contribution is -2.52. The molecular formula is C19H32N2O5. The number of hydrogen-bond acceptors (Lipinski definition) is 6. The number of nitrogens with one attached hydrogen (secondary N) is 1. The van der Waals surface area contributed by atoms with Gasteiger partial charge in [-0.05, 0) is 47.0 Å². The third-order valence-corrected chi connectivity index (χ3v) is 5.09. The molecule has 26 heavy (non-hydrogen) atoms. The molecule has 148 valence electrons. The largest absolute Gasteiger partial charge is 0.463 e. The number of fused-ring (bicyclic) bond motifs is 1. The van der Waals surface area contributed by atoms with Crippen LogP contribution in [-0.2, 0) is 19.1 Å². The fourth-order valence-corrected chi connectivity index (χ4v) is 3.92. The number of hydrogen-bond donors (Lipinski definition) is 1. The summed E-state index contributed by atoms with van der Waals surface area (Å²) in [4.78, 5) is 30.7. The van der Waals surface area contributed by atoms with Gasteiger partial charge >= 0.3 is 12.1 Å². The van der Waals surface area contributed by atoms with Crippen molar-refractivity contribution < 1.29 is 23.9 Å². The Morgan fingerprint density at radius 3 is 2.50 bits per heavy atom.